The van der Waals surface area contributed by atoms with Crippen molar-refractivity contribution in [1.29, 1.82) is 0 Å². The Morgan fingerprint density at radius 2 is 2.06 bits per heavy atom. The number of benzene rings is 1. The van der Waals surface area contributed by atoms with Crippen LogP contribution in [-0.2, 0) is 25.9 Å². The van der Waals surface area contributed by atoms with Crippen molar-refractivity contribution in [2.24, 2.45) is 0 Å². The molecule has 1 fully saturated rings. The molecule has 4 rings (SSSR count). The summed E-state index contributed by atoms with van der Waals surface area (Å²) in [5.74, 6) is -0.894. The van der Waals surface area contributed by atoms with Gasteiger partial charge in [0.2, 0.25) is 0 Å². The number of piperazine rings is 1. The van der Waals surface area contributed by atoms with Gasteiger partial charge in [-0.25, -0.2) is 8.78 Å². The van der Waals surface area contributed by atoms with Gasteiger partial charge >= 0.3 is 0 Å². The smallest absolute Gasteiger partial charge is 0.274 e. The second kappa shape index (κ2) is 9.28. The largest absolute Gasteiger partial charge is 0.335 e. The number of carbonyl (C=O) groups is 1. The van der Waals surface area contributed by atoms with Crippen LogP contribution in [0, 0.1) is 11.6 Å². The molecule has 8 heteroatoms. The molecule has 1 N–H and O–H groups in total. The van der Waals surface area contributed by atoms with Gasteiger partial charge in [0.25, 0.3) is 5.91 Å². The van der Waals surface area contributed by atoms with Crippen LogP contribution in [0.2, 0.25) is 0 Å². The number of aromatic nitrogens is 2. The Hall–Kier alpha value is -2.58. The van der Waals surface area contributed by atoms with Crippen LogP contribution in [0.15, 0.2) is 30.9 Å². The number of carbonyl (C=O) groups excluding carboxylic acids is 1. The third-order valence-electron chi connectivity index (χ3n) is 6.23. The minimum atomic E-state index is -0.449. The van der Waals surface area contributed by atoms with Crippen LogP contribution in [0.3, 0.4) is 0 Å². The summed E-state index contributed by atoms with van der Waals surface area (Å²) in [7, 11) is 2.06. The van der Waals surface area contributed by atoms with Gasteiger partial charge in [-0.1, -0.05) is 6.08 Å². The number of hydrogen-bond acceptors (Lipinski definition) is 4. The highest BCUT2D eigenvalue weighted by molar-refractivity contribution is 5.94. The van der Waals surface area contributed by atoms with E-state index in [9.17, 15) is 13.6 Å². The third kappa shape index (κ3) is 4.70. The predicted molar refractivity (Wildman–Crippen MR) is 115 cm³/mol. The first-order valence-corrected chi connectivity index (χ1v) is 10.8. The summed E-state index contributed by atoms with van der Waals surface area (Å²) in [5.41, 5.74) is 2.87. The first-order chi connectivity index (χ1) is 15.0. The normalized spacial score (nSPS) is 19.3. The summed E-state index contributed by atoms with van der Waals surface area (Å²) in [4.78, 5) is 17.3. The Bertz CT molecular complexity index is 965. The fourth-order valence-electron chi connectivity index (χ4n) is 4.40. The monoisotopic (exact) mass is 429 g/mol. The first kappa shape index (κ1) is 21.6. The van der Waals surface area contributed by atoms with Gasteiger partial charge in [-0.2, -0.15) is 5.10 Å². The zero-order valence-electron chi connectivity index (χ0n) is 17.9. The Morgan fingerprint density at radius 3 is 2.81 bits per heavy atom. The van der Waals surface area contributed by atoms with Gasteiger partial charge < -0.3 is 15.1 Å². The zero-order chi connectivity index (χ0) is 22.0. The lowest BCUT2D eigenvalue weighted by Gasteiger charge is -2.32. The molecule has 2 aliphatic rings. The molecule has 1 aromatic heterocycles. The van der Waals surface area contributed by atoms with Crippen LogP contribution >= 0.6 is 0 Å². The van der Waals surface area contributed by atoms with Gasteiger partial charge in [-0.15, -0.1) is 6.58 Å². The molecule has 0 saturated carbocycles. The van der Waals surface area contributed by atoms with Crippen molar-refractivity contribution in [2.45, 2.75) is 38.4 Å². The molecule has 166 valence electrons. The van der Waals surface area contributed by atoms with Gasteiger partial charge in [-0.3, -0.25) is 9.48 Å². The van der Waals surface area contributed by atoms with Gasteiger partial charge in [0, 0.05) is 55.6 Å². The lowest BCUT2D eigenvalue weighted by molar-refractivity contribution is 0.0656. The molecule has 1 aliphatic heterocycles. The van der Waals surface area contributed by atoms with Crippen molar-refractivity contribution in [3.63, 3.8) is 0 Å². The first-order valence-electron chi connectivity index (χ1n) is 10.8. The molecular weight excluding hydrogens is 400 g/mol. The van der Waals surface area contributed by atoms with E-state index in [2.05, 4.69) is 28.9 Å². The maximum Gasteiger partial charge on any atom is 0.274 e. The molecule has 31 heavy (non-hydrogen) atoms. The van der Waals surface area contributed by atoms with Crippen LogP contribution in [0.25, 0.3) is 0 Å². The molecule has 1 atom stereocenters. The quantitative estimate of drug-likeness (QED) is 0.717. The van der Waals surface area contributed by atoms with Gasteiger partial charge in [0.15, 0.2) is 5.69 Å². The lowest BCUT2D eigenvalue weighted by Crippen LogP contribution is -2.47. The number of halogens is 2. The molecule has 2 aromatic rings. The van der Waals surface area contributed by atoms with Gasteiger partial charge in [0.1, 0.15) is 11.6 Å². The molecule has 0 radical (unpaired) electrons. The highest BCUT2D eigenvalue weighted by Gasteiger charge is 2.31. The summed E-state index contributed by atoms with van der Waals surface area (Å²) in [6, 6.07) is 3.56. The van der Waals surface area contributed by atoms with Gasteiger partial charge in [-0.05, 0) is 44.5 Å². The minimum absolute atomic E-state index is 0.0241. The summed E-state index contributed by atoms with van der Waals surface area (Å²) in [6.45, 7) is 7.70. The van der Waals surface area contributed by atoms with Crippen LogP contribution < -0.4 is 5.32 Å². The number of allylic oxidation sites excluding steroid dienone is 1. The molecule has 1 unspecified atom stereocenters. The average molecular weight is 430 g/mol. The van der Waals surface area contributed by atoms with E-state index in [-0.39, 0.29) is 18.5 Å². The second-order valence-electron chi connectivity index (χ2n) is 8.40. The fraction of sp³-hybridized carbons (Fsp3) is 0.478. The maximum absolute atomic E-state index is 14.0. The molecule has 2 heterocycles. The van der Waals surface area contributed by atoms with Crippen molar-refractivity contribution < 1.29 is 13.6 Å². The van der Waals surface area contributed by atoms with Crippen LogP contribution in [0.5, 0.6) is 0 Å². The van der Waals surface area contributed by atoms with E-state index >= 15 is 0 Å². The minimum Gasteiger partial charge on any atom is -0.335 e. The summed E-state index contributed by atoms with van der Waals surface area (Å²) in [5, 5.41) is 8.00. The highest BCUT2D eigenvalue weighted by atomic mass is 19.1. The molecule has 1 saturated heterocycles. The maximum atomic E-state index is 14.0. The summed E-state index contributed by atoms with van der Waals surface area (Å²) in [6.07, 6.45) is 4.04. The number of amides is 1. The molecule has 6 nitrogen and oxygen atoms in total. The van der Waals surface area contributed by atoms with Crippen molar-refractivity contribution in [1.82, 2.24) is 24.9 Å². The number of hydrogen-bond donors (Lipinski definition) is 1. The number of fused-ring (bicyclic) bond motifs is 1. The van der Waals surface area contributed by atoms with Crippen molar-refractivity contribution in [2.75, 3.05) is 33.2 Å². The van der Waals surface area contributed by atoms with Crippen LogP contribution in [0.4, 0.5) is 8.78 Å². The number of likely N-dealkylation sites (N-methyl/N-ethyl adjacent to an activating group) is 1. The molecule has 0 spiro atoms. The topological polar surface area (TPSA) is 53.4 Å². The number of nitrogens with one attached hydrogen (secondary N) is 1. The Balaban J connectivity index is 1.52. The molecule has 1 aromatic carbocycles. The molecule has 0 bridgehead atoms. The molecular formula is C23H29F2N5O. The van der Waals surface area contributed by atoms with Crippen LogP contribution in [-0.4, -0.2) is 64.8 Å². The zero-order valence-corrected chi connectivity index (χ0v) is 17.9. The number of rotatable bonds is 6. The molecule has 1 aliphatic carbocycles. The Morgan fingerprint density at radius 1 is 1.29 bits per heavy atom. The van der Waals surface area contributed by atoms with E-state index in [1.165, 1.54) is 6.07 Å². The van der Waals surface area contributed by atoms with E-state index in [4.69, 9.17) is 0 Å². The van der Waals surface area contributed by atoms with E-state index in [1.807, 2.05) is 9.58 Å². The SMILES string of the molecule is C=CCn1nc(C(=O)N2CCN(C)CC2)c2c1CCC(NCc1cc(F)ccc1F)C2. The van der Waals surface area contributed by atoms with Gasteiger partial charge in [0.05, 0.1) is 6.54 Å². The summed E-state index contributed by atoms with van der Waals surface area (Å²) >= 11 is 0. The predicted octanol–water partition coefficient (Wildman–Crippen LogP) is 2.38. The molecule has 1 amide bonds. The Labute approximate surface area is 181 Å². The third-order valence-corrected chi connectivity index (χ3v) is 6.23. The standard InChI is InChI=1S/C23H29F2N5O/c1-3-8-30-21-7-5-18(26-15-16-13-17(24)4-6-20(16)25)14-19(21)22(27-30)23(31)29-11-9-28(2)10-12-29/h3-4,6,13,18,26H,1,5,7-12,14-15H2,2H3. The fourth-order valence-corrected chi connectivity index (χ4v) is 4.40. The van der Waals surface area contributed by atoms with Crippen molar-refractivity contribution in [3.8, 4) is 0 Å². The lowest BCUT2D eigenvalue weighted by atomic mass is 9.90. The number of nitrogens with zero attached hydrogens (tertiary/aromatic N) is 4. The average Bonchev–Trinajstić information content (AvgIpc) is 3.12. The van der Waals surface area contributed by atoms with Crippen molar-refractivity contribution in [3.05, 3.63) is 65.0 Å². The van der Waals surface area contributed by atoms with E-state index in [0.717, 1.165) is 49.3 Å². The highest BCUT2D eigenvalue weighted by Crippen LogP contribution is 2.27. The Kier molecular flexibility index (Phi) is 6.48. The second-order valence-corrected chi connectivity index (χ2v) is 8.40. The van der Waals surface area contributed by atoms with E-state index in [1.54, 1.807) is 6.08 Å². The van der Waals surface area contributed by atoms with E-state index < -0.39 is 11.6 Å². The van der Waals surface area contributed by atoms with Crippen LogP contribution in [0.1, 0.15) is 33.7 Å². The van der Waals surface area contributed by atoms with E-state index in [0.29, 0.717) is 37.3 Å². The van der Waals surface area contributed by atoms with Crippen molar-refractivity contribution >= 4 is 5.91 Å². The summed E-state index contributed by atoms with van der Waals surface area (Å²) < 4.78 is 29.3.